The van der Waals surface area contributed by atoms with Crippen LogP contribution >= 0.6 is 0 Å². The number of rotatable bonds is 8. The van der Waals surface area contributed by atoms with Crippen molar-refractivity contribution in [3.63, 3.8) is 0 Å². The molecule has 0 spiro atoms. The molecule has 0 atom stereocenters. The van der Waals surface area contributed by atoms with Crippen LogP contribution in [-0.4, -0.2) is 35.1 Å². The molecule has 0 aliphatic rings. The zero-order valence-electron chi connectivity index (χ0n) is 9.69. The number of primary amides is 1. The molecule has 0 saturated heterocycles. The number of allylic oxidation sites excluding steroid dienone is 2. The molecular weight excluding hydrogens is 208 g/mol. The Kier molecular flexibility index (Phi) is 7.93. The van der Waals surface area contributed by atoms with Crippen molar-refractivity contribution >= 4 is 12.0 Å². The molecule has 3 N–H and O–H groups in total. The number of amides is 2. The van der Waals surface area contributed by atoms with Gasteiger partial charge >= 0.3 is 6.09 Å². The number of unbranched alkanes of at least 4 members (excludes halogenated alkanes) is 2. The maximum atomic E-state index is 10.7. The summed E-state index contributed by atoms with van der Waals surface area (Å²) in [5.41, 5.74) is 4.95. The second kappa shape index (κ2) is 8.76. The Morgan fingerprint density at radius 3 is 2.50 bits per heavy atom. The van der Waals surface area contributed by atoms with Crippen LogP contribution in [-0.2, 0) is 4.79 Å². The molecule has 92 valence electrons. The molecule has 0 aromatic heterocycles. The molecule has 0 rings (SSSR count). The van der Waals surface area contributed by atoms with E-state index in [1.807, 2.05) is 0 Å². The average Bonchev–Trinajstić information content (AvgIpc) is 2.20. The molecule has 5 heteroatoms. The van der Waals surface area contributed by atoms with Crippen molar-refractivity contribution < 1.29 is 14.7 Å². The summed E-state index contributed by atoms with van der Waals surface area (Å²) in [4.78, 5) is 22.3. The van der Waals surface area contributed by atoms with Crippen LogP contribution in [0.3, 0.4) is 0 Å². The topological polar surface area (TPSA) is 83.6 Å². The SMILES string of the molecule is CCC=CCCCCN(CC(N)=O)C(=O)O. The number of nitrogens with two attached hydrogens (primary N) is 1. The van der Waals surface area contributed by atoms with E-state index < -0.39 is 12.0 Å². The first-order valence-electron chi connectivity index (χ1n) is 5.49. The molecule has 0 aliphatic carbocycles. The first-order chi connectivity index (χ1) is 7.57. The second-order valence-electron chi connectivity index (χ2n) is 3.55. The number of hydrogen-bond donors (Lipinski definition) is 2. The van der Waals surface area contributed by atoms with Gasteiger partial charge in [0.15, 0.2) is 0 Å². The highest BCUT2D eigenvalue weighted by Crippen LogP contribution is 2.00. The van der Waals surface area contributed by atoms with Gasteiger partial charge in [0.05, 0.1) is 0 Å². The quantitative estimate of drug-likeness (QED) is 0.488. The van der Waals surface area contributed by atoms with Gasteiger partial charge in [-0.3, -0.25) is 9.69 Å². The minimum Gasteiger partial charge on any atom is -0.465 e. The van der Waals surface area contributed by atoms with E-state index in [9.17, 15) is 9.59 Å². The van der Waals surface area contributed by atoms with E-state index in [4.69, 9.17) is 10.8 Å². The van der Waals surface area contributed by atoms with E-state index in [1.54, 1.807) is 0 Å². The number of nitrogens with zero attached hydrogens (tertiary/aromatic N) is 1. The van der Waals surface area contributed by atoms with E-state index in [0.29, 0.717) is 6.54 Å². The fourth-order valence-corrected chi connectivity index (χ4v) is 1.28. The molecule has 0 aliphatic heterocycles. The normalized spacial score (nSPS) is 10.6. The lowest BCUT2D eigenvalue weighted by atomic mass is 10.2. The highest BCUT2D eigenvalue weighted by Gasteiger charge is 2.12. The number of hydrogen-bond acceptors (Lipinski definition) is 2. The Bertz CT molecular complexity index is 252. The van der Waals surface area contributed by atoms with Crippen molar-refractivity contribution in [1.29, 1.82) is 0 Å². The molecule has 0 radical (unpaired) electrons. The summed E-state index contributed by atoms with van der Waals surface area (Å²) in [5, 5.41) is 8.77. The number of carbonyl (C=O) groups excluding carboxylic acids is 1. The number of carboxylic acid groups (broad SMARTS) is 1. The van der Waals surface area contributed by atoms with Crippen LogP contribution in [0.25, 0.3) is 0 Å². The Morgan fingerprint density at radius 2 is 2.00 bits per heavy atom. The summed E-state index contributed by atoms with van der Waals surface area (Å²) >= 11 is 0. The van der Waals surface area contributed by atoms with Crippen LogP contribution in [0, 0.1) is 0 Å². The van der Waals surface area contributed by atoms with Crippen LogP contribution in [0.15, 0.2) is 12.2 Å². The third-order valence-corrected chi connectivity index (χ3v) is 2.07. The van der Waals surface area contributed by atoms with Crippen LogP contribution < -0.4 is 5.73 Å². The highest BCUT2D eigenvalue weighted by molar-refractivity contribution is 5.80. The van der Waals surface area contributed by atoms with Crippen molar-refractivity contribution in [2.24, 2.45) is 5.73 Å². The van der Waals surface area contributed by atoms with Gasteiger partial charge in [-0.2, -0.15) is 0 Å². The van der Waals surface area contributed by atoms with E-state index in [1.165, 1.54) is 0 Å². The summed E-state index contributed by atoms with van der Waals surface area (Å²) in [7, 11) is 0. The summed E-state index contributed by atoms with van der Waals surface area (Å²) < 4.78 is 0. The summed E-state index contributed by atoms with van der Waals surface area (Å²) in [6.07, 6.45) is 6.69. The smallest absolute Gasteiger partial charge is 0.407 e. The molecular formula is C11H20N2O3. The van der Waals surface area contributed by atoms with Crippen LogP contribution in [0.1, 0.15) is 32.6 Å². The zero-order chi connectivity index (χ0) is 12.4. The summed E-state index contributed by atoms with van der Waals surface area (Å²) in [6, 6.07) is 0. The molecule has 2 amide bonds. The molecule has 0 fully saturated rings. The lowest BCUT2D eigenvalue weighted by Crippen LogP contribution is -2.38. The van der Waals surface area contributed by atoms with Crippen molar-refractivity contribution in [1.82, 2.24) is 4.90 Å². The van der Waals surface area contributed by atoms with E-state index in [-0.39, 0.29) is 6.54 Å². The maximum absolute atomic E-state index is 10.7. The van der Waals surface area contributed by atoms with Gasteiger partial charge < -0.3 is 10.8 Å². The van der Waals surface area contributed by atoms with Gasteiger partial charge in [0, 0.05) is 6.54 Å². The van der Waals surface area contributed by atoms with Gasteiger partial charge in [-0.05, 0) is 25.7 Å². The standard InChI is InChI=1S/C11H20N2O3/c1-2-3-4-5-6-7-8-13(11(15)16)9-10(12)14/h3-4H,2,5-9H2,1H3,(H2,12,14)(H,15,16). The Balaban J connectivity index is 3.72. The highest BCUT2D eigenvalue weighted by atomic mass is 16.4. The minimum absolute atomic E-state index is 0.222. The van der Waals surface area contributed by atoms with E-state index in [2.05, 4.69) is 19.1 Å². The van der Waals surface area contributed by atoms with Gasteiger partial charge in [0.2, 0.25) is 5.91 Å². The van der Waals surface area contributed by atoms with Crippen molar-refractivity contribution in [3.8, 4) is 0 Å². The molecule has 0 aromatic rings. The molecule has 0 unspecified atom stereocenters. The van der Waals surface area contributed by atoms with Gasteiger partial charge in [-0.1, -0.05) is 19.1 Å². The fourth-order valence-electron chi connectivity index (χ4n) is 1.28. The van der Waals surface area contributed by atoms with Crippen LogP contribution in [0.5, 0.6) is 0 Å². The monoisotopic (exact) mass is 228 g/mol. The number of carbonyl (C=O) groups is 2. The summed E-state index contributed by atoms with van der Waals surface area (Å²) in [5.74, 6) is -0.617. The zero-order valence-corrected chi connectivity index (χ0v) is 9.69. The molecule has 0 saturated carbocycles. The van der Waals surface area contributed by atoms with E-state index in [0.717, 1.165) is 30.6 Å². The lowest BCUT2D eigenvalue weighted by molar-refractivity contribution is -0.118. The van der Waals surface area contributed by atoms with Gasteiger partial charge in [0.25, 0.3) is 0 Å². The van der Waals surface area contributed by atoms with E-state index >= 15 is 0 Å². The van der Waals surface area contributed by atoms with Gasteiger partial charge in [0.1, 0.15) is 6.54 Å². The second-order valence-corrected chi connectivity index (χ2v) is 3.55. The predicted octanol–water partition coefficient (Wildman–Crippen LogP) is 1.59. The van der Waals surface area contributed by atoms with Gasteiger partial charge in [-0.25, -0.2) is 4.79 Å². The Labute approximate surface area is 95.9 Å². The van der Waals surface area contributed by atoms with Crippen molar-refractivity contribution in [2.45, 2.75) is 32.6 Å². The molecule has 0 aromatic carbocycles. The fraction of sp³-hybridized carbons (Fsp3) is 0.636. The third-order valence-electron chi connectivity index (χ3n) is 2.07. The maximum Gasteiger partial charge on any atom is 0.407 e. The largest absolute Gasteiger partial charge is 0.465 e. The molecule has 5 nitrogen and oxygen atoms in total. The minimum atomic E-state index is -1.09. The third kappa shape index (κ3) is 7.84. The molecule has 16 heavy (non-hydrogen) atoms. The Morgan fingerprint density at radius 1 is 1.31 bits per heavy atom. The predicted molar refractivity (Wildman–Crippen MR) is 62.1 cm³/mol. The van der Waals surface area contributed by atoms with Crippen molar-refractivity contribution in [3.05, 3.63) is 12.2 Å². The first kappa shape index (κ1) is 14.5. The van der Waals surface area contributed by atoms with Crippen LogP contribution in [0.2, 0.25) is 0 Å². The lowest BCUT2D eigenvalue weighted by Gasteiger charge is -2.16. The van der Waals surface area contributed by atoms with Crippen molar-refractivity contribution in [2.75, 3.05) is 13.1 Å². The average molecular weight is 228 g/mol. The summed E-state index contributed by atoms with van der Waals surface area (Å²) in [6.45, 7) is 2.20. The molecule has 0 heterocycles. The first-order valence-corrected chi connectivity index (χ1v) is 5.49. The Hall–Kier alpha value is -1.52. The van der Waals surface area contributed by atoms with Crippen LogP contribution in [0.4, 0.5) is 4.79 Å². The molecule has 0 bridgehead atoms. The van der Waals surface area contributed by atoms with Gasteiger partial charge in [-0.15, -0.1) is 0 Å².